The molecule has 3 N–H and O–H groups in total. The molecule has 0 saturated heterocycles. The zero-order valence-electron chi connectivity index (χ0n) is 6.29. The van der Waals surface area contributed by atoms with Crippen molar-refractivity contribution in [1.29, 1.82) is 0 Å². The molecule has 0 aromatic rings. The summed E-state index contributed by atoms with van der Waals surface area (Å²) in [7, 11) is 0. The Bertz CT molecular complexity index is 280. The number of amides is 3. The van der Waals surface area contributed by atoms with Gasteiger partial charge in [-0.05, 0) is 6.42 Å². The topological polar surface area (TPSA) is 89.3 Å². The summed E-state index contributed by atoms with van der Waals surface area (Å²) in [5.41, 5.74) is 5.19. The predicted molar refractivity (Wildman–Crippen MR) is 39.7 cm³/mol. The molecular weight excluding hydrogens is 160 g/mol. The molecule has 0 bridgehead atoms. The highest BCUT2D eigenvalue weighted by molar-refractivity contribution is 6.16. The molecule has 3 amide bonds. The number of rotatable bonds is 3. The average Bonchev–Trinajstić information content (AvgIpc) is 2.26. The van der Waals surface area contributed by atoms with Crippen LogP contribution in [0.4, 0.5) is 0 Å². The Morgan fingerprint density at radius 1 is 1.50 bits per heavy atom. The van der Waals surface area contributed by atoms with Gasteiger partial charge in [-0.15, -0.1) is 0 Å². The van der Waals surface area contributed by atoms with Gasteiger partial charge < -0.3 is 5.73 Å². The second-order valence-electron chi connectivity index (χ2n) is 2.45. The van der Waals surface area contributed by atoms with Crippen LogP contribution in [0.1, 0.15) is 12.8 Å². The maximum absolute atomic E-state index is 10.8. The van der Waals surface area contributed by atoms with Crippen molar-refractivity contribution in [1.82, 2.24) is 5.32 Å². The molecule has 1 aliphatic heterocycles. The van der Waals surface area contributed by atoms with Crippen LogP contribution in [0.3, 0.4) is 0 Å². The van der Waals surface area contributed by atoms with E-state index in [1.165, 1.54) is 6.08 Å². The molecule has 5 nitrogen and oxygen atoms in total. The van der Waals surface area contributed by atoms with Crippen LogP contribution >= 0.6 is 0 Å². The first-order chi connectivity index (χ1) is 5.59. The Balaban J connectivity index is 2.52. The van der Waals surface area contributed by atoms with Crippen LogP contribution in [0, 0.1) is 0 Å². The lowest BCUT2D eigenvalue weighted by atomic mass is 10.1. The molecule has 5 heteroatoms. The van der Waals surface area contributed by atoms with E-state index in [0.717, 1.165) is 0 Å². The minimum atomic E-state index is -0.483. The van der Waals surface area contributed by atoms with Crippen LogP contribution in [0.2, 0.25) is 0 Å². The molecule has 0 fully saturated rings. The van der Waals surface area contributed by atoms with E-state index >= 15 is 0 Å². The van der Waals surface area contributed by atoms with E-state index in [9.17, 15) is 14.4 Å². The highest BCUT2D eigenvalue weighted by atomic mass is 16.2. The minimum absolute atomic E-state index is 0.0898. The van der Waals surface area contributed by atoms with Gasteiger partial charge in [0, 0.05) is 18.1 Å². The van der Waals surface area contributed by atoms with Crippen LogP contribution in [0.15, 0.2) is 11.6 Å². The van der Waals surface area contributed by atoms with Gasteiger partial charge in [-0.1, -0.05) is 0 Å². The monoisotopic (exact) mass is 168 g/mol. The van der Waals surface area contributed by atoms with Crippen molar-refractivity contribution in [2.45, 2.75) is 12.8 Å². The number of primary amides is 1. The number of hydrogen-bond acceptors (Lipinski definition) is 3. The standard InChI is InChI=1S/C7H8N2O3/c8-5(10)2-1-4-3-6(11)9-7(4)12/h3H,1-2H2,(H2,8,10)(H,9,11,12). The van der Waals surface area contributed by atoms with Gasteiger partial charge in [-0.2, -0.15) is 0 Å². The van der Waals surface area contributed by atoms with Gasteiger partial charge in [0.2, 0.25) is 5.91 Å². The molecule has 0 unspecified atom stereocenters. The Morgan fingerprint density at radius 3 is 2.58 bits per heavy atom. The number of carbonyl (C=O) groups is 3. The summed E-state index contributed by atoms with van der Waals surface area (Å²) in [6.45, 7) is 0. The number of carbonyl (C=O) groups excluding carboxylic acids is 3. The van der Waals surface area contributed by atoms with Crippen molar-refractivity contribution < 1.29 is 14.4 Å². The van der Waals surface area contributed by atoms with E-state index < -0.39 is 17.7 Å². The molecule has 0 aliphatic carbocycles. The van der Waals surface area contributed by atoms with Gasteiger partial charge in [-0.25, -0.2) is 0 Å². The third-order valence-corrected chi connectivity index (χ3v) is 1.47. The van der Waals surface area contributed by atoms with E-state index in [2.05, 4.69) is 5.32 Å². The van der Waals surface area contributed by atoms with E-state index in [1.807, 2.05) is 0 Å². The van der Waals surface area contributed by atoms with E-state index in [0.29, 0.717) is 5.57 Å². The fraction of sp³-hybridized carbons (Fsp3) is 0.286. The first-order valence-electron chi connectivity index (χ1n) is 3.44. The van der Waals surface area contributed by atoms with Crippen molar-refractivity contribution in [3.8, 4) is 0 Å². The quantitative estimate of drug-likeness (QED) is 0.520. The van der Waals surface area contributed by atoms with Gasteiger partial charge in [0.15, 0.2) is 0 Å². The second kappa shape index (κ2) is 3.17. The van der Waals surface area contributed by atoms with Crippen LogP contribution in [0.25, 0.3) is 0 Å². The summed E-state index contributed by atoms with van der Waals surface area (Å²) in [5.74, 6) is -1.34. The second-order valence-corrected chi connectivity index (χ2v) is 2.45. The molecule has 0 aromatic carbocycles. The van der Waals surface area contributed by atoms with Crippen molar-refractivity contribution in [2.24, 2.45) is 5.73 Å². The largest absolute Gasteiger partial charge is 0.370 e. The molecule has 1 heterocycles. The zero-order valence-corrected chi connectivity index (χ0v) is 6.29. The number of imide groups is 1. The Morgan fingerprint density at radius 2 is 2.17 bits per heavy atom. The number of nitrogens with one attached hydrogen (secondary N) is 1. The maximum atomic E-state index is 10.8. The highest BCUT2D eigenvalue weighted by Crippen LogP contribution is 2.08. The lowest BCUT2D eigenvalue weighted by Gasteiger charge is -1.95. The lowest BCUT2D eigenvalue weighted by molar-refractivity contribution is -0.123. The summed E-state index contributed by atoms with van der Waals surface area (Å²) in [6.07, 6.45) is 1.50. The predicted octanol–water partition coefficient (Wildman–Crippen LogP) is -1.17. The van der Waals surface area contributed by atoms with Gasteiger partial charge in [0.25, 0.3) is 11.8 Å². The first kappa shape index (κ1) is 8.45. The van der Waals surface area contributed by atoms with Crippen molar-refractivity contribution in [3.63, 3.8) is 0 Å². The van der Waals surface area contributed by atoms with Crippen LogP contribution in [0.5, 0.6) is 0 Å². The Kier molecular flexibility index (Phi) is 2.23. The number of nitrogens with two attached hydrogens (primary N) is 1. The van der Waals surface area contributed by atoms with Crippen molar-refractivity contribution >= 4 is 17.7 Å². The third-order valence-electron chi connectivity index (χ3n) is 1.47. The minimum Gasteiger partial charge on any atom is -0.370 e. The smallest absolute Gasteiger partial charge is 0.254 e. The third kappa shape index (κ3) is 1.91. The summed E-state index contributed by atoms with van der Waals surface area (Å²) in [4.78, 5) is 31.8. The van der Waals surface area contributed by atoms with Crippen LogP contribution in [-0.4, -0.2) is 17.7 Å². The van der Waals surface area contributed by atoms with Gasteiger partial charge >= 0.3 is 0 Å². The fourth-order valence-electron chi connectivity index (χ4n) is 0.896. The number of hydrogen-bond donors (Lipinski definition) is 2. The summed E-state index contributed by atoms with van der Waals surface area (Å²) in [6, 6.07) is 0. The molecule has 1 aliphatic rings. The van der Waals surface area contributed by atoms with E-state index in [4.69, 9.17) is 5.73 Å². The van der Waals surface area contributed by atoms with Gasteiger partial charge in [0.1, 0.15) is 0 Å². The molecule has 12 heavy (non-hydrogen) atoms. The SMILES string of the molecule is NC(=O)CCC1=CC(=O)NC1=O. The van der Waals surface area contributed by atoms with E-state index in [1.54, 1.807) is 0 Å². The summed E-state index contributed by atoms with van der Waals surface area (Å²) in [5, 5.41) is 2.07. The van der Waals surface area contributed by atoms with Crippen molar-refractivity contribution in [2.75, 3.05) is 0 Å². The van der Waals surface area contributed by atoms with Gasteiger partial charge in [0.05, 0.1) is 0 Å². The molecule has 0 radical (unpaired) electrons. The van der Waals surface area contributed by atoms with Crippen LogP contribution in [-0.2, 0) is 14.4 Å². The molecule has 0 atom stereocenters. The Labute approximate surface area is 68.6 Å². The molecule has 64 valence electrons. The van der Waals surface area contributed by atoms with E-state index in [-0.39, 0.29) is 12.8 Å². The summed E-state index contributed by atoms with van der Waals surface area (Å²) < 4.78 is 0. The van der Waals surface area contributed by atoms with Gasteiger partial charge in [-0.3, -0.25) is 19.7 Å². The normalized spacial score (nSPS) is 15.8. The van der Waals surface area contributed by atoms with Crippen molar-refractivity contribution in [3.05, 3.63) is 11.6 Å². The lowest BCUT2D eigenvalue weighted by Crippen LogP contribution is -2.22. The fourth-order valence-corrected chi connectivity index (χ4v) is 0.896. The molecule has 0 spiro atoms. The maximum Gasteiger partial charge on any atom is 0.254 e. The zero-order chi connectivity index (χ0) is 9.14. The Hall–Kier alpha value is -1.65. The summed E-state index contributed by atoms with van der Waals surface area (Å²) >= 11 is 0. The molecule has 0 aromatic heterocycles. The first-order valence-corrected chi connectivity index (χ1v) is 3.44. The highest BCUT2D eigenvalue weighted by Gasteiger charge is 2.20. The average molecular weight is 168 g/mol. The molecule has 1 rings (SSSR count). The molecular formula is C7H8N2O3. The van der Waals surface area contributed by atoms with Crippen LogP contribution < -0.4 is 11.1 Å². The molecule has 0 saturated carbocycles.